The van der Waals surface area contributed by atoms with Crippen molar-refractivity contribution in [3.63, 3.8) is 0 Å². The highest BCUT2D eigenvalue weighted by Crippen LogP contribution is 2.34. The Morgan fingerprint density at radius 1 is 1.35 bits per heavy atom. The van der Waals surface area contributed by atoms with E-state index in [1.54, 1.807) is 0 Å². The molecule has 110 valence electrons. The van der Waals surface area contributed by atoms with E-state index in [1.807, 2.05) is 0 Å². The number of aryl methyl sites for hydroxylation is 1. The van der Waals surface area contributed by atoms with Crippen molar-refractivity contribution in [2.24, 2.45) is 5.73 Å². The molecule has 1 aliphatic heterocycles. The van der Waals surface area contributed by atoms with E-state index in [-0.39, 0.29) is 5.54 Å². The summed E-state index contributed by atoms with van der Waals surface area (Å²) in [5, 5.41) is 0. The second-order valence-electron chi connectivity index (χ2n) is 6.22. The van der Waals surface area contributed by atoms with E-state index in [1.165, 1.54) is 17.5 Å². The molecule has 0 spiro atoms. The van der Waals surface area contributed by atoms with Gasteiger partial charge in [-0.05, 0) is 36.8 Å². The molecule has 2 aliphatic rings. The maximum Gasteiger partial charge on any atom is 0.0700 e. The molecule has 0 aromatic heterocycles. The molecule has 0 radical (unpaired) electrons. The number of benzene rings is 1. The first-order valence-electron chi connectivity index (χ1n) is 7.91. The van der Waals surface area contributed by atoms with Gasteiger partial charge in [-0.2, -0.15) is 0 Å². The fourth-order valence-electron chi connectivity index (χ4n) is 3.75. The predicted octanol–water partition coefficient (Wildman–Crippen LogP) is 1.98. The molecule has 2 N–H and O–H groups in total. The molecule has 3 rings (SSSR count). The number of ether oxygens (including phenoxy) is 1. The standard InChI is InChI=1S/C17H26N2O/c1-2-16-12-19(9-10-20-16)17(13-18)8-7-14-5-3-4-6-15(14)11-17/h3-6,16H,2,7-13,18H2,1H3. The summed E-state index contributed by atoms with van der Waals surface area (Å²) in [6.07, 6.45) is 4.90. The Morgan fingerprint density at radius 3 is 2.90 bits per heavy atom. The van der Waals surface area contributed by atoms with Crippen molar-refractivity contribution in [3.05, 3.63) is 35.4 Å². The molecule has 1 heterocycles. The van der Waals surface area contributed by atoms with Gasteiger partial charge in [0.25, 0.3) is 0 Å². The SMILES string of the molecule is CCC1CN(C2(CN)CCc3ccccc3C2)CCO1. The second kappa shape index (κ2) is 5.84. The fraction of sp³-hybridized carbons (Fsp3) is 0.647. The minimum absolute atomic E-state index is 0.144. The molecule has 1 fully saturated rings. The Bertz CT molecular complexity index is 462. The lowest BCUT2D eigenvalue weighted by Crippen LogP contribution is -2.61. The summed E-state index contributed by atoms with van der Waals surface area (Å²) in [6, 6.07) is 8.84. The van der Waals surface area contributed by atoms with Gasteiger partial charge in [0.05, 0.1) is 12.7 Å². The van der Waals surface area contributed by atoms with E-state index in [4.69, 9.17) is 10.5 Å². The summed E-state index contributed by atoms with van der Waals surface area (Å²) in [5.41, 5.74) is 9.38. The van der Waals surface area contributed by atoms with E-state index in [2.05, 4.69) is 36.1 Å². The molecule has 1 aromatic rings. The van der Waals surface area contributed by atoms with Gasteiger partial charge in [-0.3, -0.25) is 4.90 Å². The highest BCUT2D eigenvalue weighted by molar-refractivity contribution is 5.32. The predicted molar refractivity (Wildman–Crippen MR) is 81.9 cm³/mol. The van der Waals surface area contributed by atoms with Crippen molar-refractivity contribution in [2.45, 2.75) is 44.2 Å². The molecule has 3 heteroatoms. The summed E-state index contributed by atoms with van der Waals surface area (Å²) in [4.78, 5) is 2.61. The lowest BCUT2D eigenvalue weighted by Gasteiger charge is -2.49. The van der Waals surface area contributed by atoms with Crippen LogP contribution in [0.5, 0.6) is 0 Å². The van der Waals surface area contributed by atoms with Crippen molar-refractivity contribution in [1.29, 1.82) is 0 Å². The summed E-state index contributed by atoms with van der Waals surface area (Å²) in [7, 11) is 0. The average Bonchev–Trinajstić information content (AvgIpc) is 2.54. The molecule has 1 aliphatic carbocycles. The monoisotopic (exact) mass is 274 g/mol. The quantitative estimate of drug-likeness (QED) is 0.916. The Labute approximate surface area is 122 Å². The van der Waals surface area contributed by atoms with Gasteiger partial charge >= 0.3 is 0 Å². The number of rotatable bonds is 3. The minimum Gasteiger partial charge on any atom is -0.376 e. The molecule has 0 saturated carbocycles. The third kappa shape index (κ3) is 2.50. The van der Waals surface area contributed by atoms with Crippen molar-refractivity contribution in [1.82, 2.24) is 4.90 Å². The molecule has 2 unspecified atom stereocenters. The van der Waals surface area contributed by atoms with Crippen molar-refractivity contribution >= 4 is 0 Å². The van der Waals surface area contributed by atoms with E-state index >= 15 is 0 Å². The number of nitrogens with two attached hydrogens (primary N) is 1. The Balaban J connectivity index is 1.82. The maximum atomic E-state index is 6.23. The zero-order chi connectivity index (χ0) is 14.0. The van der Waals surface area contributed by atoms with Gasteiger partial charge in [-0.15, -0.1) is 0 Å². The number of nitrogens with zero attached hydrogens (tertiary/aromatic N) is 1. The first-order valence-corrected chi connectivity index (χ1v) is 7.91. The lowest BCUT2D eigenvalue weighted by atomic mass is 9.76. The van der Waals surface area contributed by atoms with Gasteiger partial charge in [0.15, 0.2) is 0 Å². The van der Waals surface area contributed by atoms with Crippen molar-refractivity contribution in [3.8, 4) is 0 Å². The van der Waals surface area contributed by atoms with Crippen LogP contribution in [0.4, 0.5) is 0 Å². The summed E-state index contributed by atoms with van der Waals surface area (Å²) in [5.74, 6) is 0. The Morgan fingerprint density at radius 2 is 2.15 bits per heavy atom. The van der Waals surface area contributed by atoms with Gasteiger partial charge in [-0.25, -0.2) is 0 Å². The van der Waals surface area contributed by atoms with Crippen molar-refractivity contribution in [2.75, 3.05) is 26.2 Å². The largest absolute Gasteiger partial charge is 0.376 e. The third-order valence-electron chi connectivity index (χ3n) is 5.14. The van der Waals surface area contributed by atoms with Gasteiger partial charge in [0, 0.05) is 25.2 Å². The minimum atomic E-state index is 0.144. The van der Waals surface area contributed by atoms with Gasteiger partial charge < -0.3 is 10.5 Å². The van der Waals surface area contributed by atoms with Gasteiger partial charge in [0.1, 0.15) is 0 Å². The van der Waals surface area contributed by atoms with Crippen LogP contribution in [0.25, 0.3) is 0 Å². The number of fused-ring (bicyclic) bond motifs is 1. The molecule has 20 heavy (non-hydrogen) atoms. The number of hydrogen-bond donors (Lipinski definition) is 1. The van der Waals surface area contributed by atoms with E-state index in [0.29, 0.717) is 6.10 Å². The van der Waals surface area contributed by atoms with Crippen LogP contribution in [-0.4, -0.2) is 42.8 Å². The smallest absolute Gasteiger partial charge is 0.0700 e. The first-order chi connectivity index (χ1) is 9.77. The molecule has 0 amide bonds. The van der Waals surface area contributed by atoms with Gasteiger partial charge in [-0.1, -0.05) is 31.2 Å². The number of morpholine rings is 1. The summed E-state index contributed by atoms with van der Waals surface area (Å²) >= 11 is 0. The highest BCUT2D eigenvalue weighted by atomic mass is 16.5. The topological polar surface area (TPSA) is 38.5 Å². The second-order valence-corrected chi connectivity index (χ2v) is 6.22. The van der Waals surface area contributed by atoms with E-state index in [9.17, 15) is 0 Å². The lowest BCUT2D eigenvalue weighted by molar-refractivity contribution is -0.0725. The Hall–Kier alpha value is -0.900. The molecule has 3 nitrogen and oxygen atoms in total. The first kappa shape index (κ1) is 14.1. The average molecular weight is 274 g/mol. The van der Waals surface area contributed by atoms with Crippen LogP contribution in [0.2, 0.25) is 0 Å². The van der Waals surface area contributed by atoms with Crippen LogP contribution in [-0.2, 0) is 17.6 Å². The van der Waals surface area contributed by atoms with Crippen LogP contribution in [0.15, 0.2) is 24.3 Å². The summed E-state index contributed by atoms with van der Waals surface area (Å²) < 4.78 is 5.82. The molecular formula is C17H26N2O. The molecule has 1 aromatic carbocycles. The zero-order valence-electron chi connectivity index (χ0n) is 12.5. The molecular weight excluding hydrogens is 248 g/mol. The van der Waals surface area contributed by atoms with Crippen LogP contribution in [0.1, 0.15) is 30.9 Å². The van der Waals surface area contributed by atoms with E-state index in [0.717, 1.165) is 45.5 Å². The third-order valence-corrected chi connectivity index (χ3v) is 5.14. The van der Waals surface area contributed by atoms with Crippen molar-refractivity contribution < 1.29 is 4.74 Å². The van der Waals surface area contributed by atoms with Gasteiger partial charge in [0.2, 0.25) is 0 Å². The summed E-state index contributed by atoms with van der Waals surface area (Å²) in [6.45, 7) is 5.87. The van der Waals surface area contributed by atoms with Crippen LogP contribution < -0.4 is 5.73 Å². The maximum absolute atomic E-state index is 6.23. The Kier molecular flexibility index (Phi) is 4.11. The van der Waals surface area contributed by atoms with Crippen LogP contribution >= 0.6 is 0 Å². The molecule has 1 saturated heterocycles. The van der Waals surface area contributed by atoms with Crippen LogP contribution in [0, 0.1) is 0 Å². The fourth-order valence-corrected chi connectivity index (χ4v) is 3.75. The zero-order valence-corrected chi connectivity index (χ0v) is 12.5. The number of hydrogen-bond acceptors (Lipinski definition) is 3. The normalized spacial score (nSPS) is 31.0. The van der Waals surface area contributed by atoms with Crippen LogP contribution in [0.3, 0.4) is 0 Å². The molecule has 2 atom stereocenters. The highest BCUT2D eigenvalue weighted by Gasteiger charge is 2.40. The van der Waals surface area contributed by atoms with E-state index < -0.39 is 0 Å². The molecule has 0 bridgehead atoms.